The third-order valence-corrected chi connectivity index (χ3v) is 8.50. The molecule has 1 unspecified atom stereocenters. The Morgan fingerprint density at radius 1 is 1.03 bits per heavy atom. The Hall–Kier alpha value is -2.51. The quantitative estimate of drug-likeness (QED) is 0.404. The first-order valence-electron chi connectivity index (χ1n) is 14.0. The lowest BCUT2D eigenvalue weighted by atomic mass is 9.73. The molecule has 0 radical (unpaired) electrons. The lowest BCUT2D eigenvalue weighted by Gasteiger charge is -2.46. The molecule has 1 aromatic heterocycles. The van der Waals surface area contributed by atoms with Crippen LogP contribution in [0.1, 0.15) is 57.7 Å². The number of alkyl halides is 1. The van der Waals surface area contributed by atoms with E-state index in [2.05, 4.69) is 51.3 Å². The molecular formula is C31H41F3N4. The number of hydrogen-bond acceptors (Lipinski definition) is 3. The minimum absolute atomic E-state index is 0.340. The van der Waals surface area contributed by atoms with Crippen molar-refractivity contribution >= 4 is 16.6 Å². The van der Waals surface area contributed by atoms with Crippen LogP contribution in [-0.4, -0.2) is 54.3 Å². The maximum atomic E-state index is 13.9. The first kappa shape index (κ1) is 27.1. The van der Waals surface area contributed by atoms with Gasteiger partial charge in [-0.3, -0.25) is 4.90 Å². The highest BCUT2D eigenvalue weighted by atomic mass is 19.1. The standard InChI is InChI=1S/C16H21FN2.C15H20F2N2/c1-11-8-13-12-6-4-5-7-14(12)18-15(13)9-19(11)10-16(2,3)17;16-12-8-13(17)10-14(9-12)19-7-1-2-15(11-19)3-5-18-6-4-15/h4-7,11,18H,8-10H2,1-3H3;8-10,18H,1-7,11H2. The number of hydrogen-bond donors (Lipinski definition) is 2. The number of anilines is 1. The molecular weight excluding hydrogens is 485 g/mol. The number of para-hydroxylation sites is 1. The first-order valence-corrected chi connectivity index (χ1v) is 14.0. The second-order valence-electron chi connectivity index (χ2n) is 12.2. The predicted octanol–water partition coefficient (Wildman–Crippen LogP) is 6.60. The van der Waals surface area contributed by atoms with Crippen LogP contribution >= 0.6 is 0 Å². The highest BCUT2D eigenvalue weighted by Gasteiger charge is 2.36. The predicted molar refractivity (Wildman–Crippen MR) is 149 cm³/mol. The second kappa shape index (κ2) is 10.9. The number of nitrogens with zero attached hydrogens (tertiary/aromatic N) is 2. The number of piperidine rings is 2. The summed E-state index contributed by atoms with van der Waals surface area (Å²) in [4.78, 5) is 7.88. The zero-order valence-corrected chi connectivity index (χ0v) is 22.9. The molecule has 6 rings (SSSR count). The Balaban J connectivity index is 0.000000155. The van der Waals surface area contributed by atoms with Gasteiger partial charge in [-0.25, -0.2) is 13.2 Å². The maximum Gasteiger partial charge on any atom is 0.128 e. The van der Waals surface area contributed by atoms with Crippen molar-refractivity contribution in [1.29, 1.82) is 0 Å². The van der Waals surface area contributed by atoms with Crippen LogP contribution in [0.5, 0.6) is 0 Å². The Morgan fingerprint density at radius 3 is 2.45 bits per heavy atom. The van der Waals surface area contributed by atoms with Crippen molar-refractivity contribution in [2.75, 3.05) is 37.6 Å². The van der Waals surface area contributed by atoms with Gasteiger partial charge in [0.1, 0.15) is 17.3 Å². The van der Waals surface area contributed by atoms with Crippen LogP contribution in [0.2, 0.25) is 0 Å². The highest BCUT2D eigenvalue weighted by molar-refractivity contribution is 5.84. The van der Waals surface area contributed by atoms with E-state index < -0.39 is 17.3 Å². The number of aromatic nitrogens is 1. The molecule has 4 heterocycles. The van der Waals surface area contributed by atoms with Gasteiger partial charge in [0.25, 0.3) is 0 Å². The summed E-state index contributed by atoms with van der Waals surface area (Å²) in [7, 11) is 0. The third-order valence-electron chi connectivity index (χ3n) is 8.50. The molecule has 1 atom stereocenters. The Bertz CT molecular complexity index is 1220. The van der Waals surface area contributed by atoms with Gasteiger partial charge < -0.3 is 15.2 Å². The van der Waals surface area contributed by atoms with E-state index >= 15 is 0 Å². The largest absolute Gasteiger partial charge is 0.371 e. The topological polar surface area (TPSA) is 34.3 Å². The van der Waals surface area contributed by atoms with Crippen LogP contribution < -0.4 is 10.2 Å². The van der Waals surface area contributed by atoms with Crippen LogP contribution in [0.4, 0.5) is 18.9 Å². The molecule has 0 amide bonds. The minimum atomic E-state index is -1.14. The van der Waals surface area contributed by atoms with E-state index in [-0.39, 0.29) is 0 Å². The summed E-state index contributed by atoms with van der Waals surface area (Å²) in [6.45, 7) is 10.8. The van der Waals surface area contributed by atoms with Crippen molar-refractivity contribution in [3.63, 3.8) is 0 Å². The maximum absolute atomic E-state index is 13.9. The van der Waals surface area contributed by atoms with Gasteiger partial charge >= 0.3 is 0 Å². The van der Waals surface area contributed by atoms with Crippen molar-refractivity contribution in [2.45, 2.75) is 71.1 Å². The number of H-pyrrole nitrogens is 1. The van der Waals surface area contributed by atoms with Gasteiger partial charge in [-0.15, -0.1) is 0 Å². The van der Waals surface area contributed by atoms with E-state index in [9.17, 15) is 13.2 Å². The number of benzene rings is 2. The molecule has 0 saturated carbocycles. The van der Waals surface area contributed by atoms with Crippen LogP contribution in [0.25, 0.3) is 10.9 Å². The zero-order chi connectivity index (χ0) is 26.9. The van der Waals surface area contributed by atoms with Gasteiger partial charge in [0.05, 0.1) is 0 Å². The van der Waals surface area contributed by atoms with Crippen LogP contribution in [0.3, 0.4) is 0 Å². The fourth-order valence-corrected chi connectivity index (χ4v) is 6.62. The number of aromatic amines is 1. The van der Waals surface area contributed by atoms with Crippen LogP contribution in [-0.2, 0) is 13.0 Å². The molecule has 1 spiro atoms. The summed E-state index contributed by atoms with van der Waals surface area (Å²) in [6, 6.07) is 12.6. The zero-order valence-electron chi connectivity index (χ0n) is 22.9. The Morgan fingerprint density at radius 2 is 1.74 bits per heavy atom. The molecule has 2 aromatic carbocycles. The first-order chi connectivity index (χ1) is 18.1. The van der Waals surface area contributed by atoms with Crippen molar-refractivity contribution in [2.24, 2.45) is 5.41 Å². The summed E-state index contributed by atoms with van der Waals surface area (Å²) in [5.74, 6) is -0.972. The van der Waals surface area contributed by atoms with E-state index in [4.69, 9.17) is 0 Å². The summed E-state index contributed by atoms with van der Waals surface area (Å²) >= 11 is 0. The average molecular weight is 527 g/mol. The normalized spacial score (nSPS) is 21.7. The SMILES string of the molecule is CC1Cc2c([nH]c3ccccc23)CN1CC(C)(C)F.Fc1cc(F)cc(N2CCCC3(CCNCC3)C2)c1. The average Bonchev–Trinajstić information content (AvgIpc) is 3.21. The second-order valence-corrected chi connectivity index (χ2v) is 12.2. The molecule has 3 aliphatic heterocycles. The summed E-state index contributed by atoms with van der Waals surface area (Å²) in [5.41, 5.74) is 3.75. The fourth-order valence-electron chi connectivity index (χ4n) is 6.62. The van der Waals surface area contributed by atoms with Gasteiger partial charge in [-0.2, -0.15) is 0 Å². The van der Waals surface area contributed by atoms with E-state index in [1.807, 2.05) is 0 Å². The van der Waals surface area contributed by atoms with Crippen molar-refractivity contribution < 1.29 is 13.2 Å². The number of fused-ring (bicyclic) bond motifs is 3. The molecule has 7 heteroatoms. The van der Waals surface area contributed by atoms with E-state index in [0.29, 0.717) is 23.7 Å². The summed E-state index contributed by atoms with van der Waals surface area (Å²) < 4.78 is 40.6. The van der Waals surface area contributed by atoms with Gasteiger partial charge in [0.15, 0.2) is 0 Å². The highest BCUT2D eigenvalue weighted by Crippen LogP contribution is 2.39. The van der Waals surface area contributed by atoms with Crippen LogP contribution in [0, 0.1) is 17.0 Å². The van der Waals surface area contributed by atoms with Crippen molar-refractivity contribution in [1.82, 2.24) is 15.2 Å². The molecule has 206 valence electrons. The Labute approximate surface area is 224 Å². The molecule has 2 N–H and O–H groups in total. The minimum Gasteiger partial charge on any atom is -0.371 e. The molecule has 4 nitrogen and oxygen atoms in total. The molecule has 38 heavy (non-hydrogen) atoms. The number of nitrogens with one attached hydrogen (secondary N) is 2. The summed E-state index contributed by atoms with van der Waals surface area (Å²) in [5, 5.41) is 4.71. The molecule has 3 aliphatic rings. The molecule has 2 fully saturated rings. The van der Waals surface area contributed by atoms with Crippen molar-refractivity contribution in [3.8, 4) is 0 Å². The van der Waals surface area contributed by atoms with E-state index in [1.54, 1.807) is 13.8 Å². The Kier molecular flexibility index (Phi) is 7.79. The van der Waals surface area contributed by atoms with E-state index in [0.717, 1.165) is 51.6 Å². The summed E-state index contributed by atoms with van der Waals surface area (Å²) in [6.07, 6.45) is 5.68. The van der Waals surface area contributed by atoms with Crippen molar-refractivity contribution in [3.05, 3.63) is 65.4 Å². The monoisotopic (exact) mass is 526 g/mol. The van der Waals surface area contributed by atoms with Gasteiger partial charge in [0, 0.05) is 60.6 Å². The third kappa shape index (κ3) is 6.20. The number of rotatable bonds is 3. The number of halogens is 3. The van der Waals surface area contributed by atoms with E-state index in [1.165, 1.54) is 53.6 Å². The lowest BCUT2D eigenvalue weighted by Crippen LogP contribution is -2.48. The smallest absolute Gasteiger partial charge is 0.128 e. The van der Waals surface area contributed by atoms with Gasteiger partial charge in [-0.1, -0.05) is 18.2 Å². The molecule has 0 aliphatic carbocycles. The lowest BCUT2D eigenvalue weighted by molar-refractivity contribution is 0.0853. The molecule has 0 bridgehead atoms. The van der Waals surface area contributed by atoms with Gasteiger partial charge in [0.2, 0.25) is 0 Å². The fraction of sp³-hybridized carbons (Fsp3) is 0.548. The molecule has 2 saturated heterocycles. The molecule has 3 aromatic rings. The van der Waals surface area contributed by atoms with Crippen LogP contribution in [0.15, 0.2) is 42.5 Å². The van der Waals surface area contributed by atoms with Gasteiger partial charge in [-0.05, 0) is 95.1 Å².